The molecule has 4 amide bonds. The Kier molecular flexibility index (Phi) is 7.23. The smallest absolute Gasteiger partial charge is 0.266 e. The number of aryl methyl sites for hydroxylation is 1. The number of benzene rings is 6. The Morgan fingerprint density at radius 1 is 0.443 bits per heavy atom. The summed E-state index contributed by atoms with van der Waals surface area (Å²) in [5, 5.41) is -0.123. The van der Waals surface area contributed by atoms with E-state index in [1.807, 2.05) is 25.1 Å². The van der Waals surface area contributed by atoms with Crippen LogP contribution in [0.1, 0.15) is 47.0 Å². The van der Waals surface area contributed by atoms with Crippen molar-refractivity contribution in [2.75, 3.05) is 11.9 Å². The van der Waals surface area contributed by atoms with Gasteiger partial charge in [-0.15, -0.1) is 0 Å². The standard InChI is InChI=1S/C47H26N6O8/c1-22-3-16-37-38(17-22)49-39(48-37)23-4-8-26(9-5-23)52-44(58)33-20-35-36(21-34(33)45(52)59)47(61)53(46(35)60)28-12-10-27(11-13-28)51-42(56)30-15-7-25(19-32(30)43(51)57)24-6-14-29-31(18-24)41(55)50(2)40(29)54/h3-21H,1-2H3,(H,48,49). The SMILES string of the molecule is Cc1ccc2[nH]c(-c3ccc(-n4c(=O)c5cc6c(=O)n(-c7ccc(N8C(=O)c9ccc(-c%10ccc%11c(c%10)C(=O)N(C)C%11=O)cc9C8=O)cc7)c(=O)c6cc5c4=O)cc3)nc2c1. The maximum Gasteiger partial charge on any atom is 0.266 e. The molecule has 0 saturated carbocycles. The third kappa shape index (κ3) is 4.99. The molecule has 3 aromatic heterocycles. The minimum Gasteiger partial charge on any atom is -0.338 e. The van der Waals surface area contributed by atoms with Gasteiger partial charge < -0.3 is 4.98 Å². The van der Waals surface area contributed by atoms with Crippen LogP contribution >= 0.6 is 0 Å². The Labute approximate surface area is 341 Å². The van der Waals surface area contributed by atoms with Crippen LogP contribution in [0, 0.1) is 6.92 Å². The number of aromatic nitrogens is 4. The molecule has 14 nitrogen and oxygen atoms in total. The topological polar surface area (TPSA) is 182 Å². The van der Waals surface area contributed by atoms with Gasteiger partial charge in [-0.1, -0.05) is 18.2 Å². The molecule has 0 bridgehead atoms. The lowest BCUT2D eigenvalue weighted by Gasteiger charge is -2.14. The number of H-pyrrole nitrogens is 1. The summed E-state index contributed by atoms with van der Waals surface area (Å²) < 4.78 is 1.92. The minimum atomic E-state index is -0.711. The number of imidazole rings is 1. The van der Waals surface area contributed by atoms with Gasteiger partial charge >= 0.3 is 0 Å². The van der Waals surface area contributed by atoms with Gasteiger partial charge in [0.2, 0.25) is 0 Å². The van der Waals surface area contributed by atoms with Gasteiger partial charge in [-0.2, -0.15) is 0 Å². The van der Waals surface area contributed by atoms with Crippen molar-refractivity contribution in [1.82, 2.24) is 24.0 Å². The Hall–Kier alpha value is -8.65. The molecule has 0 unspecified atom stereocenters. The van der Waals surface area contributed by atoms with E-state index in [4.69, 9.17) is 0 Å². The molecule has 0 fully saturated rings. The molecule has 0 saturated heterocycles. The van der Waals surface area contributed by atoms with Gasteiger partial charge in [0, 0.05) is 12.6 Å². The van der Waals surface area contributed by atoms with Crippen molar-refractivity contribution in [2.24, 2.45) is 0 Å². The molecule has 1 N–H and O–H groups in total. The number of hydrogen-bond donors (Lipinski definition) is 1. The first-order chi connectivity index (χ1) is 29.4. The lowest BCUT2D eigenvalue weighted by molar-refractivity contribution is 0.0692. The zero-order valence-corrected chi connectivity index (χ0v) is 32.0. The van der Waals surface area contributed by atoms with E-state index in [1.165, 1.54) is 49.5 Å². The number of imide groups is 2. The third-order valence-electron chi connectivity index (χ3n) is 11.6. The van der Waals surface area contributed by atoms with Gasteiger partial charge in [0.25, 0.3) is 45.9 Å². The van der Waals surface area contributed by atoms with E-state index in [0.29, 0.717) is 22.6 Å². The fourth-order valence-electron chi connectivity index (χ4n) is 8.41. The van der Waals surface area contributed by atoms with Crippen LogP contribution in [0.15, 0.2) is 134 Å². The van der Waals surface area contributed by atoms with Gasteiger partial charge in [0.15, 0.2) is 0 Å². The average molecular weight is 803 g/mol. The first kappa shape index (κ1) is 35.5. The first-order valence-corrected chi connectivity index (χ1v) is 19.0. The number of aromatic amines is 1. The number of hydrogen-bond acceptors (Lipinski definition) is 9. The van der Waals surface area contributed by atoms with E-state index in [-0.39, 0.29) is 55.2 Å². The summed E-state index contributed by atoms with van der Waals surface area (Å²) in [6.45, 7) is 1.98. The normalized spacial score (nSPS) is 13.7. The number of amides is 4. The molecule has 6 aromatic carbocycles. The summed E-state index contributed by atoms with van der Waals surface area (Å²) in [5.41, 5.74) is 3.42. The highest BCUT2D eigenvalue weighted by molar-refractivity contribution is 6.34. The number of carbonyl (C=O) groups is 4. The Bertz CT molecular complexity index is 3660. The van der Waals surface area contributed by atoms with Crippen molar-refractivity contribution in [2.45, 2.75) is 6.92 Å². The largest absolute Gasteiger partial charge is 0.338 e. The summed E-state index contributed by atoms with van der Waals surface area (Å²) in [6, 6.07) is 30.5. The van der Waals surface area contributed by atoms with Crippen LogP contribution in [0.2, 0.25) is 0 Å². The van der Waals surface area contributed by atoms with E-state index in [2.05, 4.69) is 9.97 Å². The predicted molar refractivity (Wildman–Crippen MR) is 227 cm³/mol. The van der Waals surface area contributed by atoms with E-state index >= 15 is 0 Å². The molecule has 0 atom stereocenters. The Morgan fingerprint density at radius 3 is 1.44 bits per heavy atom. The van der Waals surface area contributed by atoms with Gasteiger partial charge in [-0.25, -0.2) is 19.0 Å². The molecule has 61 heavy (non-hydrogen) atoms. The maximum absolute atomic E-state index is 13.8. The van der Waals surface area contributed by atoms with Crippen molar-refractivity contribution in [1.29, 1.82) is 0 Å². The number of fused-ring (bicyclic) bond motifs is 5. The number of nitrogens with zero attached hydrogens (tertiary/aromatic N) is 5. The second-order valence-electron chi connectivity index (χ2n) is 15.1. The van der Waals surface area contributed by atoms with Crippen molar-refractivity contribution in [3.8, 4) is 33.9 Å². The highest BCUT2D eigenvalue weighted by Gasteiger charge is 2.38. The molecule has 2 aliphatic heterocycles. The van der Waals surface area contributed by atoms with E-state index in [9.17, 15) is 38.4 Å². The molecule has 0 radical (unpaired) electrons. The van der Waals surface area contributed by atoms with Crippen LogP contribution in [0.4, 0.5) is 5.69 Å². The first-order valence-electron chi connectivity index (χ1n) is 19.0. The van der Waals surface area contributed by atoms with E-state index in [0.717, 1.165) is 41.1 Å². The lowest BCUT2D eigenvalue weighted by atomic mass is 9.97. The highest BCUT2D eigenvalue weighted by Crippen LogP contribution is 2.34. The van der Waals surface area contributed by atoms with Gasteiger partial charge in [-0.05, 0) is 121 Å². The van der Waals surface area contributed by atoms with Crippen LogP contribution < -0.4 is 27.1 Å². The van der Waals surface area contributed by atoms with Crippen molar-refractivity contribution in [3.05, 3.63) is 184 Å². The zero-order valence-electron chi connectivity index (χ0n) is 32.0. The average Bonchev–Trinajstić information content (AvgIpc) is 4.00. The number of rotatable bonds is 5. The quantitative estimate of drug-likeness (QED) is 0.222. The number of nitrogens with one attached hydrogen (secondary N) is 1. The number of carbonyl (C=O) groups excluding carboxylic acids is 4. The van der Waals surface area contributed by atoms with Crippen LogP contribution in [-0.4, -0.2) is 54.7 Å². The summed E-state index contributed by atoms with van der Waals surface area (Å²) >= 11 is 0. The molecule has 0 spiro atoms. The molecule has 5 heterocycles. The van der Waals surface area contributed by atoms with Gasteiger partial charge in [0.1, 0.15) is 5.82 Å². The molecular formula is C47H26N6O8. The molecule has 292 valence electrons. The molecule has 0 aliphatic carbocycles. The Morgan fingerprint density at radius 2 is 0.885 bits per heavy atom. The van der Waals surface area contributed by atoms with Crippen molar-refractivity contribution in [3.63, 3.8) is 0 Å². The Balaban J connectivity index is 0.887. The lowest BCUT2D eigenvalue weighted by Crippen LogP contribution is -2.29. The van der Waals surface area contributed by atoms with Crippen LogP contribution in [0.3, 0.4) is 0 Å². The molecule has 11 rings (SSSR count). The molecular weight excluding hydrogens is 777 g/mol. The maximum atomic E-state index is 13.8. The second-order valence-corrected chi connectivity index (χ2v) is 15.1. The van der Waals surface area contributed by atoms with Crippen LogP contribution in [-0.2, 0) is 0 Å². The fourth-order valence-corrected chi connectivity index (χ4v) is 8.41. The van der Waals surface area contributed by atoms with Crippen LogP contribution in [0.5, 0.6) is 0 Å². The molecule has 2 aliphatic rings. The number of anilines is 1. The summed E-state index contributed by atoms with van der Waals surface area (Å²) in [6.07, 6.45) is 0. The summed E-state index contributed by atoms with van der Waals surface area (Å²) in [5.74, 6) is -1.38. The van der Waals surface area contributed by atoms with Gasteiger partial charge in [-0.3, -0.25) is 43.3 Å². The van der Waals surface area contributed by atoms with Crippen LogP contribution in [0.25, 0.3) is 66.5 Å². The van der Waals surface area contributed by atoms with E-state index < -0.39 is 45.9 Å². The predicted octanol–water partition coefficient (Wildman–Crippen LogP) is 5.44. The highest BCUT2D eigenvalue weighted by atomic mass is 16.2. The molecule has 14 heteroatoms. The monoisotopic (exact) mass is 802 g/mol. The minimum absolute atomic E-state index is 0.0139. The van der Waals surface area contributed by atoms with Crippen molar-refractivity contribution < 1.29 is 19.2 Å². The second kappa shape index (κ2) is 12.4. The zero-order chi connectivity index (χ0) is 42.2. The fraction of sp³-hybridized carbons (Fsp3) is 0.0426. The van der Waals surface area contributed by atoms with E-state index in [1.54, 1.807) is 54.6 Å². The third-order valence-corrected chi connectivity index (χ3v) is 11.6. The van der Waals surface area contributed by atoms with Gasteiger partial charge in [0.05, 0.1) is 71.9 Å². The summed E-state index contributed by atoms with van der Waals surface area (Å²) in [7, 11) is 1.40. The molecule has 9 aromatic rings. The summed E-state index contributed by atoms with van der Waals surface area (Å²) in [4.78, 5) is 117. The van der Waals surface area contributed by atoms with Crippen molar-refractivity contribution >= 4 is 61.9 Å².